The lowest BCUT2D eigenvalue weighted by Crippen LogP contribution is -2.36. The number of hydrogen-bond donors (Lipinski definition) is 1. The van der Waals surface area contributed by atoms with Gasteiger partial charge in [-0.2, -0.15) is 0 Å². The molecular weight excluding hydrogens is 340 g/mol. The van der Waals surface area contributed by atoms with Gasteiger partial charge in [0.1, 0.15) is 6.54 Å². The zero-order valence-corrected chi connectivity index (χ0v) is 15.7. The largest absolute Gasteiger partial charge is 0.374 e. The monoisotopic (exact) mass is 364 g/mol. The maximum atomic E-state index is 12.5. The third kappa shape index (κ3) is 4.44. The van der Waals surface area contributed by atoms with Crippen molar-refractivity contribution in [3.63, 3.8) is 0 Å². The van der Waals surface area contributed by atoms with Crippen molar-refractivity contribution in [1.82, 2.24) is 10.2 Å². The average molecular weight is 364 g/mol. The van der Waals surface area contributed by atoms with Crippen LogP contribution in [-0.4, -0.2) is 29.4 Å². The number of amides is 2. The molecule has 2 aromatic carbocycles. The van der Waals surface area contributed by atoms with E-state index in [4.69, 9.17) is 4.74 Å². The molecule has 27 heavy (non-hydrogen) atoms. The summed E-state index contributed by atoms with van der Waals surface area (Å²) in [6.07, 6.45) is 0.170. The van der Waals surface area contributed by atoms with Crippen molar-refractivity contribution in [2.75, 3.05) is 6.54 Å². The Morgan fingerprint density at radius 3 is 2.52 bits per heavy atom. The first kappa shape index (κ1) is 18.9. The van der Waals surface area contributed by atoms with Crippen molar-refractivity contribution in [3.8, 4) is 0 Å². The second kappa shape index (κ2) is 8.18. The molecule has 1 aliphatic heterocycles. The maximum absolute atomic E-state index is 12.5. The van der Waals surface area contributed by atoms with Gasteiger partial charge >= 0.3 is 0 Å². The molecule has 5 heteroatoms. The number of rotatable bonds is 7. The summed E-state index contributed by atoms with van der Waals surface area (Å²) in [7, 11) is 0. The minimum atomic E-state index is -0.221. The normalized spacial score (nSPS) is 13.2. The molecule has 1 N–H and O–H groups in total. The molecule has 5 nitrogen and oxygen atoms in total. The zero-order chi connectivity index (χ0) is 19.4. The minimum Gasteiger partial charge on any atom is -0.374 e. The molecule has 2 aromatic rings. The number of benzene rings is 2. The van der Waals surface area contributed by atoms with Gasteiger partial charge in [-0.15, -0.1) is 0 Å². The lowest BCUT2D eigenvalue weighted by molar-refractivity contribution is -0.121. The minimum absolute atomic E-state index is 0.0392. The second-order valence-electron chi connectivity index (χ2n) is 6.84. The number of ether oxygens (including phenoxy) is 1. The van der Waals surface area contributed by atoms with Gasteiger partial charge in [-0.3, -0.25) is 14.5 Å². The van der Waals surface area contributed by atoms with E-state index < -0.39 is 0 Å². The average Bonchev–Trinajstić information content (AvgIpc) is 2.90. The summed E-state index contributed by atoms with van der Waals surface area (Å²) in [6, 6.07) is 15.2. The third-order valence-electron chi connectivity index (χ3n) is 4.41. The van der Waals surface area contributed by atoms with Gasteiger partial charge in [0.15, 0.2) is 0 Å². The molecule has 0 saturated heterocycles. The van der Waals surface area contributed by atoms with Crippen LogP contribution in [0, 0.1) is 0 Å². The van der Waals surface area contributed by atoms with E-state index >= 15 is 0 Å². The Morgan fingerprint density at radius 2 is 1.81 bits per heavy atom. The van der Waals surface area contributed by atoms with Gasteiger partial charge in [0.05, 0.1) is 12.7 Å². The Labute approximate surface area is 159 Å². The van der Waals surface area contributed by atoms with Crippen LogP contribution in [0.2, 0.25) is 0 Å². The van der Waals surface area contributed by atoms with Crippen molar-refractivity contribution < 1.29 is 14.3 Å². The van der Waals surface area contributed by atoms with Crippen LogP contribution < -0.4 is 5.32 Å². The fourth-order valence-corrected chi connectivity index (χ4v) is 2.99. The lowest BCUT2D eigenvalue weighted by atomic mass is 10.1. The predicted octanol–water partition coefficient (Wildman–Crippen LogP) is 3.35. The smallest absolute Gasteiger partial charge is 0.259 e. The molecule has 1 aliphatic rings. The van der Waals surface area contributed by atoms with E-state index in [2.05, 4.69) is 11.9 Å². The first-order valence-corrected chi connectivity index (χ1v) is 9.02. The van der Waals surface area contributed by atoms with E-state index in [1.165, 1.54) is 4.90 Å². The fourth-order valence-electron chi connectivity index (χ4n) is 2.99. The van der Waals surface area contributed by atoms with Gasteiger partial charge in [0.2, 0.25) is 5.91 Å². The van der Waals surface area contributed by atoms with Crippen LogP contribution in [0.25, 0.3) is 5.70 Å². The molecule has 140 valence electrons. The van der Waals surface area contributed by atoms with Crippen LogP contribution in [0.4, 0.5) is 0 Å². The van der Waals surface area contributed by atoms with Gasteiger partial charge in [-0.25, -0.2) is 0 Å². The number of nitrogens with one attached hydrogen (secondary N) is 1. The van der Waals surface area contributed by atoms with Crippen molar-refractivity contribution in [2.45, 2.75) is 33.1 Å². The third-order valence-corrected chi connectivity index (χ3v) is 4.41. The van der Waals surface area contributed by atoms with Crippen LogP contribution in [0.5, 0.6) is 0 Å². The molecule has 1 heterocycles. The summed E-state index contributed by atoms with van der Waals surface area (Å²) in [4.78, 5) is 26.2. The van der Waals surface area contributed by atoms with E-state index in [0.717, 1.165) is 16.7 Å². The Bertz CT molecular complexity index is 838. The summed E-state index contributed by atoms with van der Waals surface area (Å²) < 4.78 is 5.61. The van der Waals surface area contributed by atoms with E-state index in [-0.39, 0.29) is 24.5 Å². The summed E-state index contributed by atoms with van der Waals surface area (Å²) in [5, 5.41) is 2.87. The molecule has 0 unspecified atom stereocenters. The van der Waals surface area contributed by atoms with E-state index in [0.29, 0.717) is 24.4 Å². The second-order valence-corrected chi connectivity index (χ2v) is 6.84. The Kier molecular flexibility index (Phi) is 5.72. The fraction of sp³-hybridized carbons (Fsp3) is 0.273. The molecule has 0 atom stereocenters. The van der Waals surface area contributed by atoms with Gasteiger partial charge < -0.3 is 10.1 Å². The summed E-state index contributed by atoms with van der Waals surface area (Å²) in [5.74, 6) is -0.403. The topological polar surface area (TPSA) is 58.6 Å². The van der Waals surface area contributed by atoms with Crippen molar-refractivity contribution >= 4 is 17.5 Å². The lowest BCUT2D eigenvalue weighted by Gasteiger charge is -2.17. The van der Waals surface area contributed by atoms with Crippen molar-refractivity contribution in [2.24, 2.45) is 0 Å². The Balaban J connectivity index is 1.56. The number of hydrogen-bond acceptors (Lipinski definition) is 3. The molecule has 3 rings (SSSR count). The summed E-state index contributed by atoms with van der Waals surface area (Å²) in [5.41, 5.74) is 4.00. The van der Waals surface area contributed by atoms with Crippen molar-refractivity contribution in [1.29, 1.82) is 0 Å². The SMILES string of the molecule is C=C1c2ccccc2C(=O)N1CC(=O)NCc1cccc(COC(C)C)c1. The van der Waals surface area contributed by atoms with Crippen LogP contribution in [0.1, 0.15) is 40.9 Å². The number of carbonyl (C=O) groups is 2. The van der Waals surface area contributed by atoms with Gasteiger partial charge in [-0.05, 0) is 31.0 Å². The predicted molar refractivity (Wildman–Crippen MR) is 105 cm³/mol. The van der Waals surface area contributed by atoms with Crippen molar-refractivity contribution in [3.05, 3.63) is 77.4 Å². The highest BCUT2D eigenvalue weighted by atomic mass is 16.5. The van der Waals surface area contributed by atoms with Crippen LogP contribution in [0.15, 0.2) is 55.1 Å². The number of nitrogens with zero attached hydrogens (tertiary/aromatic N) is 1. The summed E-state index contributed by atoms with van der Waals surface area (Å²) in [6.45, 7) is 8.85. The van der Waals surface area contributed by atoms with Gasteiger partial charge in [0, 0.05) is 23.4 Å². The molecule has 0 spiro atoms. The van der Waals surface area contributed by atoms with Gasteiger partial charge in [-0.1, -0.05) is 49.0 Å². The molecule has 0 fully saturated rings. The summed E-state index contributed by atoms with van der Waals surface area (Å²) >= 11 is 0. The molecule has 0 saturated carbocycles. The highest BCUT2D eigenvalue weighted by Gasteiger charge is 2.31. The van der Waals surface area contributed by atoms with Crippen LogP contribution >= 0.6 is 0 Å². The Morgan fingerprint density at radius 1 is 1.11 bits per heavy atom. The quantitative estimate of drug-likeness (QED) is 0.820. The molecule has 2 amide bonds. The van der Waals surface area contributed by atoms with E-state index in [1.54, 1.807) is 6.07 Å². The molecule has 0 aliphatic carbocycles. The molecule has 0 radical (unpaired) electrons. The zero-order valence-electron chi connectivity index (χ0n) is 15.7. The highest BCUT2D eigenvalue weighted by molar-refractivity contribution is 6.10. The molecule has 0 bridgehead atoms. The van der Waals surface area contributed by atoms with Crippen LogP contribution in [-0.2, 0) is 22.7 Å². The Hall–Kier alpha value is -2.92. The first-order chi connectivity index (χ1) is 13.0. The van der Waals surface area contributed by atoms with E-state index in [1.807, 2.05) is 56.3 Å². The number of fused-ring (bicyclic) bond motifs is 1. The number of carbonyl (C=O) groups excluding carboxylic acids is 2. The van der Waals surface area contributed by atoms with Crippen LogP contribution in [0.3, 0.4) is 0 Å². The standard InChI is InChI=1S/C22H24N2O3/c1-15(2)27-14-18-8-6-7-17(11-18)12-23-21(25)13-24-16(3)19-9-4-5-10-20(19)22(24)26/h4-11,15H,3,12-14H2,1-2H3,(H,23,25). The maximum Gasteiger partial charge on any atom is 0.259 e. The molecule has 0 aromatic heterocycles. The van der Waals surface area contributed by atoms with Gasteiger partial charge in [0.25, 0.3) is 5.91 Å². The first-order valence-electron chi connectivity index (χ1n) is 9.02. The highest BCUT2D eigenvalue weighted by Crippen LogP contribution is 2.30. The van der Waals surface area contributed by atoms with E-state index in [9.17, 15) is 9.59 Å². The molecular formula is C22H24N2O3.